The lowest BCUT2D eigenvalue weighted by molar-refractivity contribution is -0.384. The summed E-state index contributed by atoms with van der Waals surface area (Å²) in [5.74, 6) is -0.250. The predicted molar refractivity (Wildman–Crippen MR) is 120 cm³/mol. The van der Waals surface area contributed by atoms with Crippen molar-refractivity contribution >= 4 is 33.9 Å². The molecule has 0 radical (unpaired) electrons. The SMILES string of the molecule is O=C1Nc2ccc([N+](=O)[O-])cc2C(c2ccccc2)=NC1Cc1cc2ccccc2[nH]1. The summed E-state index contributed by atoms with van der Waals surface area (Å²) in [5, 5.41) is 15.3. The number of aromatic amines is 1. The molecule has 0 spiro atoms. The maximum absolute atomic E-state index is 13.0. The smallest absolute Gasteiger partial charge is 0.270 e. The van der Waals surface area contributed by atoms with Crippen LogP contribution in [0.2, 0.25) is 0 Å². The fourth-order valence-corrected chi connectivity index (χ4v) is 3.87. The first-order chi connectivity index (χ1) is 15.1. The van der Waals surface area contributed by atoms with Crippen LogP contribution in [0.15, 0.2) is 83.9 Å². The second-order valence-electron chi connectivity index (χ2n) is 7.42. The summed E-state index contributed by atoms with van der Waals surface area (Å²) in [6.07, 6.45) is 0.382. The average Bonchev–Trinajstić information content (AvgIpc) is 3.14. The molecule has 7 nitrogen and oxygen atoms in total. The first kappa shape index (κ1) is 18.7. The van der Waals surface area contributed by atoms with Gasteiger partial charge in [0.05, 0.1) is 16.3 Å². The molecule has 7 heteroatoms. The van der Waals surface area contributed by atoms with Crippen LogP contribution in [-0.2, 0) is 11.2 Å². The highest BCUT2D eigenvalue weighted by molar-refractivity contribution is 6.20. The summed E-state index contributed by atoms with van der Waals surface area (Å²) in [7, 11) is 0. The van der Waals surface area contributed by atoms with Crippen LogP contribution in [0.4, 0.5) is 11.4 Å². The van der Waals surface area contributed by atoms with Gasteiger partial charge in [-0.05, 0) is 23.6 Å². The molecule has 2 heterocycles. The third kappa shape index (κ3) is 3.57. The van der Waals surface area contributed by atoms with Gasteiger partial charge >= 0.3 is 0 Å². The second-order valence-corrected chi connectivity index (χ2v) is 7.42. The molecule has 3 aromatic carbocycles. The van der Waals surface area contributed by atoms with Crippen LogP contribution in [0.5, 0.6) is 0 Å². The number of anilines is 1. The Bertz CT molecular complexity index is 1310. The molecule has 0 fully saturated rings. The van der Waals surface area contributed by atoms with Crippen molar-refractivity contribution in [1.82, 2.24) is 4.98 Å². The fourth-order valence-electron chi connectivity index (χ4n) is 3.87. The van der Waals surface area contributed by atoms with Crippen molar-refractivity contribution in [3.05, 3.63) is 106 Å². The van der Waals surface area contributed by atoms with Crippen LogP contribution in [-0.4, -0.2) is 27.6 Å². The molecule has 152 valence electrons. The van der Waals surface area contributed by atoms with Gasteiger partial charge in [-0.3, -0.25) is 19.9 Å². The van der Waals surface area contributed by atoms with Gasteiger partial charge in [-0.1, -0.05) is 48.5 Å². The van der Waals surface area contributed by atoms with Gasteiger partial charge in [0.2, 0.25) is 5.91 Å². The predicted octanol–water partition coefficient (Wildman–Crippen LogP) is 4.48. The molecular weight excluding hydrogens is 392 g/mol. The minimum absolute atomic E-state index is 0.0503. The number of aromatic nitrogens is 1. The molecule has 0 aliphatic carbocycles. The number of non-ortho nitro benzene ring substituents is 1. The van der Waals surface area contributed by atoms with E-state index in [-0.39, 0.29) is 11.6 Å². The minimum atomic E-state index is -0.685. The van der Waals surface area contributed by atoms with Crippen molar-refractivity contribution in [3.63, 3.8) is 0 Å². The number of hydrogen-bond acceptors (Lipinski definition) is 4. The molecule has 1 aliphatic heterocycles. The van der Waals surface area contributed by atoms with Crippen molar-refractivity contribution in [2.24, 2.45) is 4.99 Å². The molecule has 0 saturated carbocycles. The van der Waals surface area contributed by atoms with E-state index >= 15 is 0 Å². The maximum atomic E-state index is 13.0. The number of amides is 1. The maximum Gasteiger partial charge on any atom is 0.270 e. The molecule has 1 aliphatic rings. The molecule has 1 aromatic heterocycles. The van der Waals surface area contributed by atoms with Gasteiger partial charge in [0.1, 0.15) is 6.04 Å². The number of benzodiazepines with no additional fused rings is 1. The molecule has 1 amide bonds. The molecule has 4 aromatic rings. The summed E-state index contributed by atoms with van der Waals surface area (Å²) in [6, 6.07) is 23.1. The fraction of sp³-hybridized carbons (Fsp3) is 0.0833. The van der Waals surface area contributed by atoms with Crippen molar-refractivity contribution < 1.29 is 9.72 Å². The molecular formula is C24H18N4O3. The van der Waals surface area contributed by atoms with E-state index in [1.807, 2.05) is 60.7 Å². The number of hydrogen-bond donors (Lipinski definition) is 2. The Morgan fingerprint density at radius 3 is 2.52 bits per heavy atom. The molecule has 0 saturated heterocycles. The van der Waals surface area contributed by atoms with Crippen molar-refractivity contribution in [2.45, 2.75) is 12.5 Å². The number of nitro benzene ring substituents is 1. The van der Waals surface area contributed by atoms with Gasteiger partial charge < -0.3 is 10.3 Å². The number of nitro groups is 1. The van der Waals surface area contributed by atoms with Crippen molar-refractivity contribution in [3.8, 4) is 0 Å². The number of carbonyl (C=O) groups is 1. The molecule has 31 heavy (non-hydrogen) atoms. The number of H-pyrrole nitrogens is 1. The van der Waals surface area contributed by atoms with Crippen molar-refractivity contribution in [2.75, 3.05) is 5.32 Å². The molecule has 2 N–H and O–H groups in total. The van der Waals surface area contributed by atoms with E-state index in [1.165, 1.54) is 12.1 Å². The van der Waals surface area contributed by atoms with Gasteiger partial charge in [-0.15, -0.1) is 0 Å². The van der Waals surface area contributed by atoms with Gasteiger partial charge in [-0.2, -0.15) is 0 Å². The number of fused-ring (bicyclic) bond motifs is 2. The minimum Gasteiger partial charge on any atom is -0.358 e. The zero-order chi connectivity index (χ0) is 21.4. The zero-order valence-electron chi connectivity index (χ0n) is 16.4. The Labute approximate surface area is 177 Å². The highest BCUT2D eigenvalue weighted by Crippen LogP contribution is 2.29. The first-order valence-corrected chi connectivity index (χ1v) is 9.88. The van der Waals surface area contributed by atoms with E-state index in [4.69, 9.17) is 4.99 Å². The number of carbonyl (C=O) groups excluding carboxylic acids is 1. The summed E-state index contributed by atoms with van der Waals surface area (Å²) in [4.78, 5) is 32.1. The van der Waals surface area contributed by atoms with E-state index < -0.39 is 11.0 Å². The van der Waals surface area contributed by atoms with Crippen LogP contribution in [0, 0.1) is 10.1 Å². The summed E-state index contributed by atoms with van der Waals surface area (Å²) in [5.41, 5.74) is 4.24. The average molecular weight is 410 g/mol. The van der Waals surface area contributed by atoms with E-state index in [0.29, 0.717) is 23.4 Å². The van der Waals surface area contributed by atoms with E-state index in [2.05, 4.69) is 10.3 Å². The van der Waals surface area contributed by atoms with Gasteiger partial charge in [0.15, 0.2) is 0 Å². The molecule has 1 atom stereocenters. The van der Waals surface area contributed by atoms with E-state index in [0.717, 1.165) is 22.2 Å². The lowest BCUT2D eigenvalue weighted by Crippen LogP contribution is -2.27. The van der Waals surface area contributed by atoms with Crippen LogP contribution in [0.3, 0.4) is 0 Å². The summed E-state index contributed by atoms with van der Waals surface area (Å²) in [6.45, 7) is 0. The van der Waals surface area contributed by atoms with Gasteiger partial charge in [0.25, 0.3) is 5.69 Å². The monoisotopic (exact) mass is 410 g/mol. The van der Waals surface area contributed by atoms with Gasteiger partial charge in [0, 0.05) is 40.9 Å². The zero-order valence-corrected chi connectivity index (χ0v) is 16.4. The number of para-hydroxylation sites is 1. The number of rotatable bonds is 4. The normalized spacial score (nSPS) is 15.7. The Morgan fingerprint density at radius 2 is 1.74 bits per heavy atom. The second kappa shape index (κ2) is 7.53. The third-order valence-electron chi connectivity index (χ3n) is 5.36. The molecule has 5 rings (SSSR count). The van der Waals surface area contributed by atoms with Crippen LogP contribution >= 0.6 is 0 Å². The lowest BCUT2D eigenvalue weighted by Gasteiger charge is -2.10. The topological polar surface area (TPSA) is 100 Å². The number of aliphatic imine (C=N–C) groups is 1. The quantitative estimate of drug-likeness (QED) is 0.383. The van der Waals surface area contributed by atoms with Crippen LogP contribution < -0.4 is 5.32 Å². The van der Waals surface area contributed by atoms with Crippen molar-refractivity contribution in [1.29, 1.82) is 0 Å². The Morgan fingerprint density at radius 1 is 0.968 bits per heavy atom. The summed E-state index contributed by atoms with van der Waals surface area (Å²) >= 11 is 0. The third-order valence-corrected chi connectivity index (χ3v) is 5.36. The Balaban J connectivity index is 1.61. The van der Waals surface area contributed by atoms with Crippen LogP contribution in [0.25, 0.3) is 10.9 Å². The Kier molecular flexibility index (Phi) is 4.55. The molecule has 0 bridgehead atoms. The highest BCUT2D eigenvalue weighted by Gasteiger charge is 2.28. The number of benzene rings is 3. The van der Waals surface area contributed by atoms with Gasteiger partial charge in [-0.25, -0.2) is 0 Å². The van der Waals surface area contributed by atoms with E-state index in [9.17, 15) is 14.9 Å². The number of nitrogens with one attached hydrogen (secondary N) is 2. The standard InChI is InChI=1S/C24H18N4O3/c29-24-22(13-17-12-16-8-4-5-9-20(16)25-17)26-23(15-6-2-1-3-7-15)19-14-18(28(30)31)10-11-21(19)27-24/h1-12,14,22,25H,13H2,(H,27,29). The van der Waals surface area contributed by atoms with Crippen LogP contribution in [0.1, 0.15) is 16.8 Å². The highest BCUT2D eigenvalue weighted by atomic mass is 16.6. The largest absolute Gasteiger partial charge is 0.358 e. The summed E-state index contributed by atoms with van der Waals surface area (Å²) < 4.78 is 0. The van der Waals surface area contributed by atoms with E-state index in [1.54, 1.807) is 6.07 Å². The first-order valence-electron chi connectivity index (χ1n) is 9.88. The molecule has 1 unspecified atom stereocenters. The lowest BCUT2D eigenvalue weighted by atomic mass is 10.00. The number of nitrogens with zero attached hydrogens (tertiary/aromatic N) is 2. The Hall–Kier alpha value is -4.26.